The van der Waals surface area contributed by atoms with Crippen molar-refractivity contribution in [1.29, 1.82) is 5.41 Å². The monoisotopic (exact) mass is 179 g/mol. The Hall–Kier alpha value is -1.71. The number of anilines is 1. The molecule has 1 aromatic rings. The molecule has 0 aromatic heterocycles. The second-order valence-corrected chi connectivity index (χ2v) is 2.41. The van der Waals surface area contributed by atoms with Crippen molar-refractivity contribution in [3.05, 3.63) is 30.1 Å². The topological polar surface area (TPSA) is 39.5 Å². The molecule has 0 spiro atoms. The summed E-state index contributed by atoms with van der Waals surface area (Å²) >= 11 is 0. The van der Waals surface area contributed by atoms with Crippen LogP contribution in [0.25, 0.3) is 0 Å². The van der Waals surface area contributed by atoms with Gasteiger partial charge in [0.2, 0.25) is 0 Å². The van der Waals surface area contributed by atoms with Gasteiger partial charge in [0, 0.05) is 13.3 Å². The van der Waals surface area contributed by atoms with Crippen LogP contribution < -0.4 is 5.01 Å². The molecule has 1 rings (SSSR count). The summed E-state index contributed by atoms with van der Waals surface area (Å²) in [7, 11) is 1.62. The highest BCUT2D eigenvalue weighted by Gasteiger charge is 2.03. The number of hydrogen-bond acceptors (Lipinski definition) is 3. The fraction of sp³-hybridized carbons (Fsp3) is 0.111. The van der Waals surface area contributed by atoms with E-state index in [2.05, 4.69) is 5.10 Å². The minimum atomic E-state index is -0.327. The maximum absolute atomic E-state index is 13.1. The summed E-state index contributed by atoms with van der Waals surface area (Å²) < 4.78 is 13.1. The third-order valence-corrected chi connectivity index (χ3v) is 1.52. The highest BCUT2D eigenvalue weighted by molar-refractivity contribution is 6.14. The number of para-hydroxylation sites is 1. The second kappa shape index (κ2) is 4.35. The lowest BCUT2D eigenvalue weighted by Gasteiger charge is -2.12. The molecule has 0 aliphatic carbocycles. The Morgan fingerprint density at radius 1 is 1.46 bits per heavy atom. The van der Waals surface area contributed by atoms with Crippen molar-refractivity contribution in [1.82, 2.24) is 0 Å². The molecule has 13 heavy (non-hydrogen) atoms. The van der Waals surface area contributed by atoms with E-state index in [0.717, 1.165) is 6.21 Å². The van der Waals surface area contributed by atoms with E-state index in [0.29, 0.717) is 5.69 Å². The van der Waals surface area contributed by atoms with E-state index in [4.69, 9.17) is 5.41 Å². The number of rotatable bonds is 3. The van der Waals surface area contributed by atoms with Crippen molar-refractivity contribution in [3.63, 3.8) is 0 Å². The van der Waals surface area contributed by atoms with Crippen molar-refractivity contribution in [2.24, 2.45) is 5.10 Å². The molecule has 68 valence electrons. The molecule has 0 aliphatic rings. The van der Waals surface area contributed by atoms with Crippen LogP contribution in [-0.4, -0.2) is 19.5 Å². The predicted octanol–water partition coefficient (Wildman–Crippen LogP) is 1.90. The molecule has 0 atom stereocenters. The first-order valence-corrected chi connectivity index (χ1v) is 3.77. The van der Waals surface area contributed by atoms with Crippen LogP contribution in [0.4, 0.5) is 10.1 Å². The second-order valence-electron chi connectivity index (χ2n) is 2.41. The molecule has 0 bridgehead atoms. The first kappa shape index (κ1) is 9.38. The van der Waals surface area contributed by atoms with Gasteiger partial charge in [-0.05, 0) is 12.1 Å². The average Bonchev–Trinajstić information content (AvgIpc) is 2.15. The van der Waals surface area contributed by atoms with Gasteiger partial charge in [-0.3, -0.25) is 5.01 Å². The minimum absolute atomic E-state index is 0.327. The summed E-state index contributed by atoms with van der Waals surface area (Å²) in [5.74, 6) is -0.327. The van der Waals surface area contributed by atoms with Gasteiger partial charge in [0.15, 0.2) is 0 Å². The fourth-order valence-electron chi connectivity index (χ4n) is 0.910. The Balaban J connectivity index is 2.88. The zero-order valence-electron chi connectivity index (χ0n) is 7.24. The highest BCUT2D eigenvalue weighted by Crippen LogP contribution is 2.16. The summed E-state index contributed by atoms with van der Waals surface area (Å²) in [6, 6.07) is 6.34. The van der Waals surface area contributed by atoms with E-state index in [1.807, 2.05) is 0 Å². The third kappa shape index (κ3) is 2.37. The summed E-state index contributed by atoms with van der Waals surface area (Å²) in [6.45, 7) is 0. The van der Waals surface area contributed by atoms with Crippen LogP contribution in [0.15, 0.2) is 29.4 Å². The van der Waals surface area contributed by atoms with Crippen LogP contribution in [0.1, 0.15) is 0 Å². The number of nitrogens with one attached hydrogen (secondary N) is 1. The van der Waals surface area contributed by atoms with Gasteiger partial charge < -0.3 is 5.41 Å². The standard InChI is InChI=1S/C9H10FN3/c1-13(12-7-6-11)9-5-3-2-4-8(9)10/h2-7,11H,1H3/b11-6?,12-7-. The van der Waals surface area contributed by atoms with E-state index < -0.39 is 0 Å². The highest BCUT2D eigenvalue weighted by atomic mass is 19.1. The van der Waals surface area contributed by atoms with Gasteiger partial charge in [-0.2, -0.15) is 5.10 Å². The molecule has 0 aliphatic heterocycles. The van der Waals surface area contributed by atoms with E-state index in [1.165, 1.54) is 17.3 Å². The van der Waals surface area contributed by atoms with Crippen molar-refractivity contribution in [3.8, 4) is 0 Å². The van der Waals surface area contributed by atoms with Crippen LogP contribution >= 0.6 is 0 Å². The van der Waals surface area contributed by atoms with Gasteiger partial charge in [-0.25, -0.2) is 4.39 Å². The Kier molecular flexibility index (Phi) is 3.14. The van der Waals surface area contributed by atoms with Crippen LogP contribution in [0, 0.1) is 11.2 Å². The van der Waals surface area contributed by atoms with Gasteiger partial charge in [0.1, 0.15) is 5.82 Å². The zero-order valence-corrected chi connectivity index (χ0v) is 7.24. The Morgan fingerprint density at radius 2 is 2.15 bits per heavy atom. The van der Waals surface area contributed by atoms with Gasteiger partial charge >= 0.3 is 0 Å². The zero-order chi connectivity index (χ0) is 9.68. The maximum atomic E-state index is 13.1. The summed E-state index contributed by atoms with van der Waals surface area (Å²) in [4.78, 5) is 0. The summed E-state index contributed by atoms with van der Waals surface area (Å²) in [5.41, 5.74) is 0.389. The van der Waals surface area contributed by atoms with Crippen molar-refractivity contribution in [2.75, 3.05) is 12.1 Å². The molecule has 0 radical (unpaired) electrons. The van der Waals surface area contributed by atoms with Gasteiger partial charge in [0.05, 0.1) is 11.9 Å². The third-order valence-electron chi connectivity index (χ3n) is 1.52. The van der Waals surface area contributed by atoms with Crippen molar-refractivity contribution < 1.29 is 4.39 Å². The van der Waals surface area contributed by atoms with Crippen molar-refractivity contribution in [2.45, 2.75) is 0 Å². The van der Waals surface area contributed by atoms with Crippen molar-refractivity contribution >= 4 is 18.1 Å². The number of nitrogens with zero attached hydrogens (tertiary/aromatic N) is 2. The molecule has 0 heterocycles. The summed E-state index contributed by atoms with van der Waals surface area (Å²) in [5, 5.41) is 11.9. The quantitative estimate of drug-likeness (QED) is 0.558. The van der Waals surface area contributed by atoms with Gasteiger partial charge in [0.25, 0.3) is 0 Å². The molecule has 4 heteroatoms. The number of benzene rings is 1. The largest absolute Gasteiger partial charge is 0.307 e. The Labute approximate surface area is 76.0 Å². The average molecular weight is 179 g/mol. The fourth-order valence-corrected chi connectivity index (χ4v) is 0.910. The molecular weight excluding hydrogens is 169 g/mol. The number of hydrogen-bond donors (Lipinski definition) is 1. The molecule has 0 saturated carbocycles. The molecule has 1 aromatic carbocycles. The molecule has 0 unspecified atom stereocenters. The molecule has 0 fully saturated rings. The lowest BCUT2D eigenvalue weighted by Crippen LogP contribution is -2.10. The van der Waals surface area contributed by atoms with E-state index in [9.17, 15) is 4.39 Å². The maximum Gasteiger partial charge on any atom is 0.148 e. The number of hydrazone groups is 1. The number of halogens is 1. The lowest BCUT2D eigenvalue weighted by atomic mass is 10.3. The van der Waals surface area contributed by atoms with Gasteiger partial charge in [-0.1, -0.05) is 12.1 Å². The first-order valence-electron chi connectivity index (χ1n) is 3.77. The molecular formula is C9H10FN3. The summed E-state index contributed by atoms with van der Waals surface area (Å²) in [6.07, 6.45) is 2.32. The first-order chi connectivity index (χ1) is 6.25. The van der Waals surface area contributed by atoms with Crippen LogP contribution in [0.2, 0.25) is 0 Å². The van der Waals surface area contributed by atoms with E-state index >= 15 is 0 Å². The SMILES string of the molecule is CN(/N=C\C=N)c1ccccc1F. The van der Waals surface area contributed by atoms with Crippen LogP contribution in [0.3, 0.4) is 0 Å². The Bertz CT molecular complexity index is 322. The normalized spacial score (nSPS) is 10.3. The smallest absolute Gasteiger partial charge is 0.148 e. The molecule has 0 amide bonds. The van der Waals surface area contributed by atoms with E-state index in [-0.39, 0.29) is 5.82 Å². The predicted molar refractivity (Wildman–Crippen MR) is 52.1 cm³/mol. The Morgan fingerprint density at radius 3 is 2.77 bits per heavy atom. The molecule has 3 nitrogen and oxygen atoms in total. The lowest BCUT2D eigenvalue weighted by molar-refractivity contribution is 0.624. The van der Waals surface area contributed by atoms with Crippen LogP contribution in [-0.2, 0) is 0 Å². The molecule has 0 saturated heterocycles. The van der Waals surface area contributed by atoms with Gasteiger partial charge in [-0.15, -0.1) is 0 Å². The van der Waals surface area contributed by atoms with E-state index in [1.54, 1.807) is 25.2 Å². The minimum Gasteiger partial charge on any atom is -0.307 e. The van der Waals surface area contributed by atoms with Crippen LogP contribution in [0.5, 0.6) is 0 Å². The molecule has 1 N–H and O–H groups in total.